The Morgan fingerprint density at radius 2 is 2.19 bits per heavy atom. The number of hydrogen-bond donors (Lipinski definition) is 1. The maximum atomic E-state index is 5.55. The number of ether oxygens (including phenoxy) is 1. The number of nitrogens with one attached hydrogen (secondary N) is 1. The van der Waals surface area contributed by atoms with Crippen molar-refractivity contribution in [2.75, 3.05) is 25.1 Å². The molecule has 1 aliphatic carbocycles. The topological polar surface area (TPSA) is 47.0 Å². The van der Waals surface area contributed by atoms with Crippen molar-refractivity contribution in [3.05, 3.63) is 18.1 Å². The van der Waals surface area contributed by atoms with Crippen LogP contribution in [0.3, 0.4) is 0 Å². The zero-order chi connectivity index (χ0) is 11.2. The molecule has 0 aliphatic heterocycles. The Morgan fingerprint density at radius 3 is 2.94 bits per heavy atom. The fraction of sp³-hybridized carbons (Fsp3) is 0.667. The van der Waals surface area contributed by atoms with Gasteiger partial charge in [-0.3, -0.25) is 4.98 Å². The number of hydrogen-bond acceptors (Lipinski definition) is 4. The normalized spacial score (nSPS) is 15.1. The van der Waals surface area contributed by atoms with Crippen LogP contribution < -0.4 is 5.32 Å². The standard InChI is InChI=1S/C12H19N3O/c1-10-12(15-7-6-13-10)14-5-2-8-16-9-11-3-4-11/h6-7,11H,2-5,8-9H2,1H3,(H,14,15). The van der Waals surface area contributed by atoms with Crippen LogP contribution in [0, 0.1) is 12.8 Å². The highest BCUT2D eigenvalue weighted by molar-refractivity contribution is 5.37. The van der Waals surface area contributed by atoms with Crippen LogP contribution in [-0.2, 0) is 4.74 Å². The van der Waals surface area contributed by atoms with Gasteiger partial charge in [0.2, 0.25) is 0 Å². The fourth-order valence-electron chi connectivity index (χ4n) is 1.50. The highest BCUT2D eigenvalue weighted by Crippen LogP contribution is 2.28. The number of anilines is 1. The van der Waals surface area contributed by atoms with E-state index in [1.165, 1.54) is 12.8 Å². The molecular weight excluding hydrogens is 202 g/mol. The SMILES string of the molecule is Cc1nccnc1NCCCOCC1CC1. The third-order valence-corrected chi connectivity index (χ3v) is 2.69. The zero-order valence-corrected chi connectivity index (χ0v) is 9.78. The quantitative estimate of drug-likeness (QED) is 0.715. The molecule has 0 spiro atoms. The largest absolute Gasteiger partial charge is 0.381 e. The third kappa shape index (κ3) is 3.77. The Balaban J connectivity index is 1.55. The molecule has 2 rings (SSSR count). The molecule has 0 atom stereocenters. The van der Waals surface area contributed by atoms with Crippen LogP contribution >= 0.6 is 0 Å². The van der Waals surface area contributed by atoms with Crippen molar-refractivity contribution in [3.8, 4) is 0 Å². The van der Waals surface area contributed by atoms with Crippen LogP contribution in [0.2, 0.25) is 0 Å². The first-order valence-corrected chi connectivity index (χ1v) is 5.95. The van der Waals surface area contributed by atoms with Crippen molar-refractivity contribution >= 4 is 5.82 Å². The molecule has 0 aromatic carbocycles. The molecular formula is C12H19N3O. The van der Waals surface area contributed by atoms with Crippen molar-refractivity contribution in [3.63, 3.8) is 0 Å². The van der Waals surface area contributed by atoms with Crippen LogP contribution in [0.25, 0.3) is 0 Å². The number of nitrogens with zero attached hydrogens (tertiary/aromatic N) is 2. The Bertz CT molecular complexity index is 326. The van der Waals surface area contributed by atoms with Gasteiger partial charge in [0.25, 0.3) is 0 Å². The van der Waals surface area contributed by atoms with Gasteiger partial charge < -0.3 is 10.1 Å². The van der Waals surface area contributed by atoms with Gasteiger partial charge in [0.15, 0.2) is 0 Å². The predicted octanol–water partition coefficient (Wildman–Crippen LogP) is 2.01. The average molecular weight is 221 g/mol. The molecule has 1 aromatic rings. The van der Waals surface area contributed by atoms with Crippen LogP contribution in [0.15, 0.2) is 12.4 Å². The van der Waals surface area contributed by atoms with E-state index in [1.807, 2.05) is 6.92 Å². The first kappa shape index (κ1) is 11.3. The minimum absolute atomic E-state index is 0.836. The predicted molar refractivity (Wildman–Crippen MR) is 63.4 cm³/mol. The molecule has 0 unspecified atom stereocenters. The maximum absolute atomic E-state index is 5.55. The summed E-state index contributed by atoms with van der Waals surface area (Å²) in [5.74, 6) is 1.74. The molecule has 1 saturated carbocycles. The number of aryl methyl sites for hydroxylation is 1. The van der Waals surface area contributed by atoms with Gasteiger partial charge in [-0.15, -0.1) is 0 Å². The molecule has 88 valence electrons. The highest BCUT2D eigenvalue weighted by Gasteiger charge is 2.20. The average Bonchev–Trinajstić information content (AvgIpc) is 3.09. The summed E-state index contributed by atoms with van der Waals surface area (Å²) >= 11 is 0. The molecule has 16 heavy (non-hydrogen) atoms. The van der Waals surface area contributed by atoms with E-state index in [4.69, 9.17) is 4.74 Å². The van der Waals surface area contributed by atoms with Crippen LogP contribution in [0.1, 0.15) is 25.0 Å². The Morgan fingerprint density at radius 1 is 1.38 bits per heavy atom. The van der Waals surface area contributed by atoms with Crippen molar-refractivity contribution in [2.24, 2.45) is 5.92 Å². The second kappa shape index (κ2) is 5.80. The fourth-order valence-corrected chi connectivity index (χ4v) is 1.50. The van der Waals surface area contributed by atoms with Gasteiger partial charge in [-0.25, -0.2) is 4.98 Å². The number of aromatic nitrogens is 2. The Labute approximate surface area is 96.4 Å². The molecule has 0 bridgehead atoms. The minimum Gasteiger partial charge on any atom is -0.381 e. The Kier molecular flexibility index (Phi) is 4.10. The van der Waals surface area contributed by atoms with E-state index in [9.17, 15) is 0 Å². The molecule has 0 saturated heterocycles. The smallest absolute Gasteiger partial charge is 0.147 e. The van der Waals surface area contributed by atoms with Crippen LogP contribution in [0.5, 0.6) is 0 Å². The van der Waals surface area contributed by atoms with E-state index in [0.717, 1.165) is 43.6 Å². The summed E-state index contributed by atoms with van der Waals surface area (Å²) in [5, 5.41) is 3.26. The zero-order valence-electron chi connectivity index (χ0n) is 9.78. The highest BCUT2D eigenvalue weighted by atomic mass is 16.5. The van der Waals surface area contributed by atoms with Gasteiger partial charge in [0, 0.05) is 32.2 Å². The summed E-state index contributed by atoms with van der Waals surface area (Å²) < 4.78 is 5.55. The summed E-state index contributed by atoms with van der Waals surface area (Å²) in [5.41, 5.74) is 0.946. The molecule has 0 amide bonds. The molecule has 1 aromatic heterocycles. The van der Waals surface area contributed by atoms with E-state index >= 15 is 0 Å². The monoisotopic (exact) mass is 221 g/mol. The van der Waals surface area contributed by atoms with Crippen molar-refractivity contribution in [2.45, 2.75) is 26.2 Å². The Hall–Kier alpha value is -1.16. The molecule has 0 radical (unpaired) electrons. The molecule has 1 aliphatic rings. The molecule has 1 N–H and O–H groups in total. The van der Waals surface area contributed by atoms with E-state index < -0.39 is 0 Å². The van der Waals surface area contributed by atoms with Gasteiger partial charge in [-0.05, 0) is 32.1 Å². The summed E-state index contributed by atoms with van der Waals surface area (Å²) in [7, 11) is 0. The van der Waals surface area contributed by atoms with E-state index in [0.29, 0.717) is 0 Å². The maximum Gasteiger partial charge on any atom is 0.147 e. The lowest BCUT2D eigenvalue weighted by atomic mass is 10.4. The molecule has 1 heterocycles. The molecule has 4 heteroatoms. The van der Waals surface area contributed by atoms with Crippen molar-refractivity contribution in [1.82, 2.24) is 9.97 Å². The van der Waals surface area contributed by atoms with Gasteiger partial charge in [-0.2, -0.15) is 0 Å². The van der Waals surface area contributed by atoms with E-state index in [1.54, 1.807) is 12.4 Å². The second-order valence-corrected chi connectivity index (χ2v) is 4.29. The summed E-state index contributed by atoms with van der Waals surface area (Å²) in [6, 6.07) is 0. The summed E-state index contributed by atoms with van der Waals surface area (Å²) in [6.45, 7) is 4.64. The van der Waals surface area contributed by atoms with Crippen LogP contribution in [-0.4, -0.2) is 29.7 Å². The first-order chi connectivity index (χ1) is 7.86. The summed E-state index contributed by atoms with van der Waals surface area (Å²) in [6.07, 6.45) is 7.15. The lowest BCUT2D eigenvalue weighted by molar-refractivity contribution is 0.124. The molecule has 4 nitrogen and oxygen atoms in total. The molecule has 1 fully saturated rings. The third-order valence-electron chi connectivity index (χ3n) is 2.69. The lowest BCUT2D eigenvalue weighted by Crippen LogP contribution is -2.09. The number of rotatable bonds is 7. The van der Waals surface area contributed by atoms with Gasteiger partial charge >= 0.3 is 0 Å². The van der Waals surface area contributed by atoms with Gasteiger partial charge in [0.05, 0.1) is 5.69 Å². The summed E-state index contributed by atoms with van der Waals surface area (Å²) in [4.78, 5) is 8.39. The van der Waals surface area contributed by atoms with Gasteiger partial charge in [-0.1, -0.05) is 0 Å². The van der Waals surface area contributed by atoms with Gasteiger partial charge in [0.1, 0.15) is 5.82 Å². The first-order valence-electron chi connectivity index (χ1n) is 5.95. The second-order valence-electron chi connectivity index (χ2n) is 4.29. The lowest BCUT2D eigenvalue weighted by Gasteiger charge is -2.07. The van der Waals surface area contributed by atoms with E-state index in [-0.39, 0.29) is 0 Å². The van der Waals surface area contributed by atoms with Crippen molar-refractivity contribution in [1.29, 1.82) is 0 Å². The van der Waals surface area contributed by atoms with E-state index in [2.05, 4.69) is 15.3 Å². The minimum atomic E-state index is 0.836. The van der Waals surface area contributed by atoms with Crippen molar-refractivity contribution < 1.29 is 4.74 Å². The van der Waals surface area contributed by atoms with Crippen LogP contribution in [0.4, 0.5) is 5.82 Å².